The second kappa shape index (κ2) is 4.75. The maximum absolute atomic E-state index is 11.9. The van der Waals surface area contributed by atoms with Gasteiger partial charge < -0.3 is 0 Å². The first kappa shape index (κ1) is 10.6. The number of carbonyl (C=O) groups is 1. The number of rotatable bonds is 3. The molecule has 1 aromatic carbocycles. The maximum Gasteiger partial charge on any atom is 0.249 e. The Balaban J connectivity index is 2.04. The van der Waals surface area contributed by atoms with Crippen LogP contribution in [0.3, 0.4) is 0 Å². The molecule has 16 heavy (non-hydrogen) atoms. The first-order valence-corrected chi connectivity index (χ1v) is 5.35. The van der Waals surface area contributed by atoms with Crippen molar-refractivity contribution in [3.8, 4) is 0 Å². The second-order valence-corrected chi connectivity index (χ2v) is 3.88. The number of benzene rings is 1. The molecule has 0 unspecified atom stereocenters. The molecular formula is C13H14N2O. The van der Waals surface area contributed by atoms with Gasteiger partial charge in [-0.2, -0.15) is 5.10 Å². The number of hydrogen-bond acceptors (Lipinski definition) is 2. The van der Waals surface area contributed by atoms with Gasteiger partial charge in [-0.3, -0.25) is 4.79 Å². The Hall–Kier alpha value is -1.90. The molecule has 1 heterocycles. The second-order valence-electron chi connectivity index (χ2n) is 3.88. The fraction of sp³-hybridized carbons (Fsp3) is 0.231. The van der Waals surface area contributed by atoms with Crippen LogP contribution in [0.4, 0.5) is 0 Å². The van der Waals surface area contributed by atoms with Crippen LogP contribution in [-0.2, 0) is 6.42 Å². The Kier molecular flexibility index (Phi) is 3.15. The molecule has 0 fully saturated rings. The van der Waals surface area contributed by atoms with Crippen LogP contribution in [0.5, 0.6) is 0 Å². The Labute approximate surface area is 94.7 Å². The van der Waals surface area contributed by atoms with E-state index in [4.69, 9.17) is 0 Å². The molecule has 82 valence electrons. The summed E-state index contributed by atoms with van der Waals surface area (Å²) in [5, 5.41) is 3.95. The average Bonchev–Trinajstić information content (AvgIpc) is 2.83. The van der Waals surface area contributed by atoms with Gasteiger partial charge in [0, 0.05) is 18.3 Å². The van der Waals surface area contributed by atoms with Crippen LogP contribution in [-0.4, -0.2) is 15.7 Å². The summed E-state index contributed by atoms with van der Waals surface area (Å²) in [5.41, 5.74) is 1.18. The lowest BCUT2D eigenvalue weighted by molar-refractivity contribution is 0.0827. The minimum atomic E-state index is -0.0534. The molecule has 3 nitrogen and oxygen atoms in total. The van der Waals surface area contributed by atoms with E-state index < -0.39 is 0 Å². The van der Waals surface area contributed by atoms with Crippen LogP contribution in [0.2, 0.25) is 0 Å². The van der Waals surface area contributed by atoms with Gasteiger partial charge in [0.15, 0.2) is 0 Å². The summed E-state index contributed by atoms with van der Waals surface area (Å²) >= 11 is 0. The van der Waals surface area contributed by atoms with E-state index in [1.165, 1.54) is 10.2 Å². The van der Waals surface area contributed by atoms with E-state index in [1.54, 1.807) is 18.5 Å². The van der Waals surface area contributed by atoms with Crippen LogP contribution >= 0.6 is 0 Å². The van der Waals surface area contributed by atoms with Gasteiger partial charge >= 0.3 is 0 Å². The van der Waals surface area contributed by atoms with Gasteiger partial charge in [-0.25, -0.2) is 4.68 Å². The van der Waals surface area contributed by atoms with Crippen molar-refractivity contribution in [3.63, 3.8) is 0 Å². The molecule has 0 saturated carbocycles. The largest absolute Gasteiger partial charge is 0.272 e. The van der Waals surface area contributed by atoms with Crippen LogP contribution in [0.15, 0.2) is 48.8 Å². The topological polar surface area (TPSA) is 34.9 Å². The minimum absolute atomic E-state index is 0.0360. The average molecular weight is 214 g/mol. The summed E-state index contributed by atoms with van der Waals surface area (Å²) in [6.45, 7) is 1.93. The van der Waals surface area contributed by atoms with Gasteiger partial charge in [-0.15, -0.1) is 0 Å². The highest BCUT2D eigenvalue weighted by molar-refractivity contribution is 5.80. The van der Waals surface area contributed by atoms with Crippen LogP contribution < -0.4 is 0 Å². The molecule has 2 aromatic rings. The zero-order chi connectivity index (χ0) is 11.4. The van der Waals surface area contributed by atoms with Gasteiger partial charge in [-0.1, -0.05) is 37.3 Å². The summed E-state index contributed by atoms with van der Waals surface area (Å²) in [7, 11) is 0. The molecule has 0 aliphatic carbocycles. The smallest absolute Gasteiger partial charge is 0.249 e. The number of hydrogen-bond donors (Lipinski definition) is 0. The third kappa shape index (κ3) is 2.37. The third-order valence-electron chi connectivity index (χ3n) is 2.54. The van der Waals surface area contributed by atoms with Crippen molar-refractivity contribution >= 4 is 5.91 Å². The highest BCUT2D eigenvalue weighted by atomic mass is 16.2. The van der Waals surface area contributed by atoms with E-state index in [0.29, 0.717) is 0 Å². The van der Waals surface area contributed by atoms with E-state index >= 15 is 0 Å². The summed E-state index contributed by atoms with van der Waals surface area (Å²) in [4.78, 5) is 11.9. The Morgan fingerprint density at radius 2 is 2.06 bits per heavy atom. The van der Waals surface area contributed by atoms with Gasteiger partial charge in [0.25, 0.3) is 0 Å². The van der Waals surface area contributed by atoms with Crippen LogP contribution in [0.1, 0.15) is 17.3 Å². The van der Waals surface area contributed by atoms with E-state index in [-0.39, 0.29) is 11.8 Å². The normalized spacial score (nSPS) is 12.3. The predicted octanol–water partition coefficient (Wildman–Crippen LogP) is 2.40. The summed E-state index contributed by atoms with van der Waals surface area (Å²) in [6.07, 6.45) is 4.05. The lowest BCUT2D eigenvalue weighted by Gasteiger charge is -2.09. The maximum atomic E-state index is 11.9. The van der Waals surface area contributed by atoms with E-state index in [9.17, 15) is 4.79 Å². The molecule has 0 spiro atoms. The first-order chi connectivity index (χ1) is 7.77. The minimum Gasteiger partial charge on any atom is -0.272 e. The zero-order valence-electron chi connectivity index (χ0n) is 9.21. The molecule has 2 rings (SSSR count). The van der Waals surface area contributed by atoms with Crippen molar-refractivity contribution in [1.82, 2.24) is 9.78 Å². The number of nitrogens with zero attached hydrogens (tertiary/aromatic N) is 2. The molecule has 1 aromatic heterocycles. The quantitative estimate of drug-likeness (QED) is 0.786. The SMILES string of the molecule is C[C@H](Cc1ccccc1)C(=O)n1cccn1. The molecule has 3 heteroatoms. The van der Waals surface area contributed by atoms with Gasteiger partial charge in [0.1, 0.15) is 0 Å². The van der Waals surface area contributed by atoms with Crippen LogP contribution in [0, 0.1) is 5.92 Å². The molecule has 0 saturated heterocycles. The molecule has 0 radical (unpaired) electrons. The Bertz CT molecular complexity index is 448. The lowest BCUT2D eigenvalue weighted by atomic mass is 10.0. The van der Waals surface area contributed by atoms with Crippen LogP contribution in [0.25, 0.3) is 0 Å². The summed E-state index contributed by atoms with van der Waals surface area (Å²) in [5.74, 6) is -0.0175. The molecule has 1 atom stereocenters. The van der Waals surface area contributed by atoms with Crippen molar-refractivity contribution in [2.75, 3.05) is 0 Å². The standard InChI is InChI=1S/C13H14N2O/c1-11(10-12-6-3-2-4-7-12)13(16)15-9-5-8-14-15/h2-9,11H,10H2,1H3/t11-/m1/s1. The number of aromatic nitrogens is 2. The fourth-order valence-corrected chi connectivity index (χ4v) is 1.68. The molecule has 0 amide bonds. The van der Waals surface area contributed by atoms with Crippen molar-refractivity contribution in [2.24, 2.45) is 5.92 Å². The Morgan fingerprint density at radius 3 is 2.69 bits per heavy atom. The van der Waals surface area contributed by atoms with Gasteiger partial charge in [0.2, 0.25) is 5.91 Å². The lowest BCUT2D eigenvalue weighted by Crippen LogP contribution is -2.21. The van der Waals surface area contributed by atoms with Crippen molar-refractivity contribution in [2.45, 2.75) is 13.3 Å². The van der Waals surface area contributed by atoms with E-state index in [0.717, 1.165) is 6.42 Å². The fourth-order valence-electron chi connectivity index (χ4n) is 1.68. The molecule has 0 aliphatic rings. The Morgan fingerprint density at radius 1 is 1.31 bits per heavy atom. The highest BCUT2D eigenvalue weighted by Gasteiger charge is 2.15. The van der Waals surface area contributed by atoms with Gasteiger partial charge in [0.05, 0.1) is 0 Å². The van der Waals surface area contributed by atoms with Crippen molar-refractivity contribution < 1.29 is 4.79 Å². The first-order valence-electron chi connectivity index (χ1n) is 5.35. The van der Waals surface area contributed by atoms with Crippen molar-refractivity contribution in [1.29, 1.82) is 0 Å². The molecule has 0 aliphatic heterocycles. The summed E-state index contributed by atoms with van der Waals surface area (Å²) in [6, 6.07) is 11.8. The number of carbonyl (C=O) groups excluding carboxylic acids is 1. The van der Waals surface area contributed by atoms with Crippen molar-refractivity contribution in [3.05, 3.63) is 54.4 Å². The molecule has 0 bridgehead atoms. The third-order valence-corrected chi connectivity index (χ3v) is 2.54. The molecular weight excluding hydrogens is 200 g/mol. The van der Waals surface area contributed by atoms with E-state index in [2.05, 4.69) is 5.10 Å². The predicted molar refractivity (Wildman–Crippen MR) is 62.2 cm³/mol. The van der Waals surface area contributed by atoms with E-state index in [1.807, 2.05) is 37.3 Å². The summed E-state index contributed by atoms with van der Waals surface area (Å²) < 4.78 is 1.40. The monoisotopic (exact) mass is 214 g/mol. The molecule has 0 N–H and O–H groups in total. The van der Waals surface area contributed by atoms with Gasteiger partial charge in [-0.05, 0) is 18.1 Å². The zero-order valence-corrected chi connectivity index (χ0v) is 9.21. The highest BCUT2D eigenvalue weighted by Crippen LogP contribution is 2.09.